The topological polar surface area (TPSA) is 149 Å². The third-order valence-corrected chi connectivity index (χ3v) is 11.8. The summed E-state index contributed by atoms with van der Waals surface area (Å²) in [7, 11) is 0. The second kappa shape index (κ2) is 39.8. The van der Waals surface area contributed by atoms with E-state index in [0.717, 1.165) is 38.5 Å². The Bertz CT molecular complexity index is 961. The molecular formula is C49H93NO8. The standard InChI is InChI=1S/C49H93NO8/c1-3-5-7-9-11-13-15-17-18-19-20-21-22-23-24-25-26-27-29-31-33-35-37-39-45(53)50-42(41-57-49-48(56)47(55)46(54)44(40-51)58-49)43(52)38-36-34-32-30-28-16-14-12-10-8-6-4-2/h28,30,36,38,42-44,46-49,51-52,54-56H,3-27,29,31-35,37,39-41H2,1-2H3,(H,50,53)/b30-28+,38-36+. The summed E-state index contributed by atoms with van der Waals surface area (Å²) >= 11 is 0. The molecule has 7 atom stereocenters. The van der Waals surface area contributed by atoms with Gasteiger partial charge in [0.25, 0.3) is 0 Å². The van der Waals surface area contributed by atoms with Crippen molar-refractivity contribution < 1.29 is 39.8 Å². The summed E-state index contributed by atoms with van der Waals surface area (Å²) in [5.74, 6) is -0.184. The number of nitrogens with one attached hydrogen (secondary N) is 1. The zero-order valence-corrected chi connectivity index (χ0v) is 37.6. The highest BCUT2D eigenvalue weighted by atomic mass is 16.7. The third kappa shape index (κ3) is 29.8. The molecule has 1 heterocycles. The van der Waals surface area contributed by atoms with Gasteiger partial charge in [-0.1, -0.05) is 212 Å². The number of hydrogen-bond donors (Lipinski definition) is 6. The van der Waals surface area contributed by atoms with Crippen LogP contribution in [0.2, 0.25) is 0 Å². The maximum atomic E-state index is 13.0. The van der Waals surface area contributed by atoms with Crippen LogP contribution in [0.3, 0.4) is 0 Å². The first-order valence-corrected chi connectivity index (χ1v) is 24.6. The Hall–Kier alpha value is -1.33. The summed E-state index contributed by atoms with van der Waals surface area (Å²) < 4.78 is 11.2. The molecule has 58 heavy (non-hydrogen) atoms. The van der Waals surface area contributed by atoms with Gasteiger partial charge in [0.1, 0.15) is 24.4 Å². The van der Waals surface area contributed by atoms with Crippen molar-refractivity contribution in [3.05, 3.63) is 24.3 Å². The number of unbranched alkanes of at least 4 members (excludes halogenated alkanes) is 29. The van der Waals surface area contributed by atoms with Gasteiger partial charge in [0.15, 0.2) is 6.29 Å². The largest absolute Gasteiger partial charge is 0.394 e. The summed E-state index contributed by atoms with van der Waals surface area (Å²) in [4.78, 5) is 13.0. The van der Waals surface area contributed by atoms with E-state index in [0.29, 0.717) is 6.42 Å². The summed E-state index contributed by atoms with van der Waals surface area (Å²) in [5, 5.41) is 54.1. The quantitative estimate of drug-likeness (QED) is 0.0264. The zero-order valence-electron chi connectivity index (χ0n) is 37.6. The Morgan fingerprint density at radius 1 is 0.569 bits per heavy atom. The van der Waals surface area contributed by atoms with E-state index in [4.69, 9.17) is 9.47 Å². The average Bonchev–Trinajstić information content (AvgIpc) is 3.22. The molecule has 342 valence electrons. The number of carbonyl (C=O) groups is 1. The lowest BCUT2D eigenvalue weighted by molar-refractivity contribution is -0.302. The monoisotopic (exact) mass is 824 g/mol. The minimum absolute atomic E-state index is 0.184. The van der Waals surface area contributed by atoms with E-state index in [1.807, 2.05) is 6.08 Å². The van der Waals surface area contributed by atoms with Crippen LogP contribution in [-0.2, 0) is 14.3 Å². The van der Waals surface area contributed by atoms with Crippen molar-refractivity contribution in [2.45, 2.75) is 269 Å². The fourth-order valence-corrected chi connectivity index (χ4v) is 7.82. The van der Waals surface area contributed by atoms with Gasteiger partial charge in [-0.3, -0.25) is 4.79 Å². The molecular weight excluding hydrogens is 731 g/mol. The highest BCUT2D eigenvalue weighted by Crippen LogP contribution is 2.23. The summed E-state index contributed by atoms with van der Waals surface area (Å²) in [6.45, 7) is 3.75. The number of aliphatic hydroxyl groups excluding tert-OH is 5. The van der Waals surface area contributed by atoms with Gasteiger partial charge >= 0.3 is 0 Å². The predicted octanol–water partition coefficient (Wildman–Crippen LogP) is 10.7. The van der Waals surface area contributed by atoms with Crippen LogP contribution >= 0.6 is 0 Å². The molecule has 0 aromatic heterocycles. The van der Waals surface area contributed by atoms with E-state index >= 15 is 0 Å². The lowest BCUT2D eigenvalue weighted by Gasteiger charge is -2.40. The van der Waals surface area contributed by atoms with Crippen molar-refractivity contribution in [1.29, 1.82) is 0 Å². The lowest BCUT2D eigenvalue weighted by Crippen LogP contribution is -2.60. The molecule has 7 unspecified atom stereocenters. The van der Waals surface area contributed by atoms with Crippen LogP contribution in [-0.4, -0.2) is 87.5 Å². The summed E-state index contributed by atoms with van der Waals surface area (Å²) in [6.07, 6.45) is 40.9. The molecule has 1 rings (SSSR count). The molecule has 0 aliphatic carbocycles. The molecule has 0 aromatic carbocycles. The lowest BCUT2D eigenvalue weighted by atomic mass is 9.99. The van der Waals surface area contributed by atoms with Gasteiger partial charge in [-0.05, 0) is 32.1 Å². The zero-order chi connectivity index (χ0) is 42.3. The molecule has 6 N–H and O–H groups in total. The predicted molar refractivity (Wildman–Crippen MR) is 240 cm³/mol. The van der Waals surface area contributed by atoms with Crippen molar-refractivity contribution in [3.63, 3.8) is 0 Å². The van der Waals surface area contributed by atoms with E-state index in [2.05, 4.69) is 31.3 Å². The molecule has 1 fully saturated rings. The van der Waals surface area contributed by atoms with Crippen LogP contribution in [0.15, 0.2) is 24.3 Å². The molecule has 0 aromatic rings. The Morgan fingerprint density at radius 2 is 0.983 bits per heavy atom. The normalized spacial score (nSPS) is 21.0. The van der Waals surface area contributed by atoms with E-state index in [9.17, 15) is 30.3 Å². The first-order valence-electron chi connectivity index (χ1n) is 24.6. The van der Waals surface area contributed by atoms with Crippen molar-refractivity contribution in [2.24, 2.45) is 0 Å². The van der Waals surface area contributed by atoms with Gasteiger partial charge in [0, 0.05) is 6.42 Å². The number of hydrogen-bond acceptors (Lipinski definition) is 8. The van der Waals surface area contributed by atoms with Gasteiger partial charge in [0.2, 0.25) is 5.91 Å². The first-order chi connectivity index (χ1) is 28.3. The van der Waals surface area contributed by atoms with Crippen LogP contribution in [0, 0.1) is 0 Å². The van der Waals surface area contributed by atoms with E-state index in [1.165, 1.54) is 167 Å². The Labute approximate surface area is 356 Å². The minimum atomic E-state index is -1.57. The van der Waals surface area contributed by atoms with Crippen LogP contribution in [0.1, 0.15) is 226 Å². The van der Waals surface area contributed by atoms with E-state index < -0.39 is 49.5 Å². The van der Waals surface area contributed by atoms with Crippen molar-refractivity contribution >= 4 is 5.91 Å². The number of ether oxygens (including phenoxy) is 2. The van der Waals surface area contributed by atoms with Gasteiger partial charge < -0.3 is 40.3 Å². The molecule has 1 saturated heterocycles. The summed E-state index contributed by atoms with van der Waals surface area (Å²) in [5.41, 5.74) is 0. The smallest absolute Gasteiger partial charge is 0.220 e. The van der Waals surface area contributed by atoms with Crippen molar-refractivity contribution in [3.8, 4) is 0 Å². The molecule has 1 aliphatic heterocycles. The fourth-order valence-electron chi connectivity index (χ4n) is 7.82. The maximum absolute atomic E-state index is 13.0. The van der Waals surface area contributed by atoms with Gasteiger partial charge in [-0.15, -0.1) is 0 Å². The minimum Gasteiger partial charge on any atom is -0.394 e. The second-order valence-electron chi connectivity index (χ2n) is 17.3. The van der Waals surface area contributed by atoms with Gasteiger partial charge in [0.05, 0.1) is 25.4 Å². The molecule has 0 radical (unpaired) electrons. The fraction of sp³-hybridized carbons (Fsp3) is 0.898. The van der Waals surface area contributed by atoms with Gasteiger partial charge in [-0.2, -0.15) is 0 Å². The Balaban J connectivity index is 2.25. The number of amides is 1. The highest BCUT2D eigenvalue weighted by Gasteiger charge is 2.44. The first kappa shape index (κ1) is 54.7. The maximum Gasteiger partial charge on any atom is 0.220 e. The van der Waals surface area contributed by atoms with Crippen molar-refractivity contribution in [1.82, 2.24) is 5.32 Å². The highest BCUT2D eigenvalue weighted by molar-refractivity contribution is 5.76. The van der Waals surface area contributed by atoms with E-state index in [1.54, 1.807) is 6.08 Å². The van der Waals surface area contributed by atoms with Crippen LogP contribution in [0.25, 0.3) is 0 Å². The average molecular weight is 824 g/mol. The molecule has 0 bridgehead atoms. The number of aliphatic hydroxyl groups is 5. The third-order valence-electron chi connectivity index (χ3n) is 11.8. The van der Waals surface area contributed by atoms with Crippen LogP contribution < -0.4 is 5.32 Å². The number of allylic oxidation sites excluding steroid dienone is 3. The molecule has 1 amide bonds. The molecule has 9 heteroatoms. The van der Waals surface area contributed by atoms with Crippen LogP contribution in [0.5, 0.6) is 0 Å². The Kier molecular flexibility index (Phi) is 37.5. The number of carbonyl (C=O) groups excluding carboxylic acids is 1. The molecule has 9 nitrogen and oxygen atoms in total. The number of rotatable bonds is 41. The van der Waals surface area contributed by atoms with Crippen LogP contribution in [0.4, 0.5) is 0 Å². The Morgan fingerprint density at radius 3 is 1.45 bits per heavy atom. The molecule has 0 saturated carbocycles. The van der Waals surface area contributed by atoms with Crippen molar-refractivity contribution in [2.75, 3.05) is 13.2 Å². The molecule has 1 aliphatic rings. The second-order valence-corrected chi connectivity index (χ2v) is 17.3. The summed E-state index contributed by atoms with van der Waals surface area (Å²) in [6, 6.07) is -0.816. The SMILES string of the molecule is CCCCCCCC/C=C/CC/C=C/C(O)C(COC1OC(CO)C(O)C(O)C1O)NC(=O)CCCCCCCCCCCCCCCCCCCCCCCCC. The van der Waals surface area contributed by atoms with E-state index in [-0.39, 0.29) is 12.5 Å². The molecule has 0 spiro atoms. The van der Waals surface area contributed by atoms with Gasteiger partial charge in [-0.25, -0.2) is 0 Å².